The molecule has 0 amide bonds. The molecular formula is C15H20O3. The van der Waals surface area contributed by atoms with E-state index >= 15 is 0 Å². The number of cyclic esters (lactones) is 1. The van der Waals surface area contributed by atoms with E-state index in [-0.39, 0.29) is 11.9 Å². The Bertz CT molecular complexity index is 470. The third-order valence-electron chi connectivity index (χ3n) is 4.64. The predicted octanol–water partition coefficient (Wildman–Crippen LogP) is 2.21. The smallest absolute Gasteiger partial charge is 0.337 e. The van der Waals surface area contributed by atoms with Crippen LogP contribution in [-0.4, -0.2) is 23.8 Å². The van der Waals surface area contributed by atoms with Gasteiger partial charge in [0.2, 0.25) is 0 Å². The number of allylic oxidation sites excluding steroid dienone is 1. The van der Waals surface area contributed by atoms with Crippen LogP contribution in [0.5, 0.6) is 0 Å². The van der Waals surface area contributed by atoms with Crippen molar-refractivity contribution in [3.05, 3.63) is 22.8 Å². The molecule has 3 atom stereocenters. The number of ether oxygens (including phenoxy) is 1. The molecule has 0 saturated heterocycles. The van der Waals surface area contributed by atoms with Crippen molar-refractivity contribution in [1.29, 1.82) is 0 Å². The fraction of sp³-hybridized carbons (Fsp3) is 0.667. The summed E-state index contributed by atoms with van der Waals surface area (Å²) in [5.41, 5.74) is 3.08. The van der Waals surface area contributed by atoms with Gasteiger partial charge >= 0.3 is 5.97 Å². The third-order valence-corrected chi connectivity index (χ3v) is 4.64. The molecule has 0 aromatic rings. The number of aliphatic hydroxyl groups excluding tert-OH is 1. The molecule has 0 aromatic heterocycles. The van der Waals surface area contributed by atoms with Crippen molar-refractivity contribution < 1.29 is 14.6 Å². The summed E-state index contributed by atoms with van der Waals surface area (Å²) in [5.74, 6) is 0.157. The molecular weight excluding hydrogens is 228 g/mol. The van der Waals surface area contributed by atoms with Gasteiger partial charge in [0, 0.05) is 5.57 Å². The second-order valence-electron chi connectivity index (χ2n) is 6.69. The molecule has 3 heteroatoms. The largest absolute Gasteiger partial charge is 0.457 e. The molecule has 1 fully saturated rings. The van der Waals surface area contributed by atoms with Crippen molar-refractivity contribution in [2.75, 3.05) is 6.61 Å². The number of rotatable bonds is 0. The highest BCUT2D eigenvalue weighted by Crippen LogP contribution is 2.51. The summed E-state index contributed by atoms with van der Waals surface area (Å²) in [6, 6.07) is 0. The lowest BCUT2D eigenvalue weighted by molar-refractivity contribution is -0.137. The van der Waals surface area contributed by atoms with E-state index in [2.05, 4.69) is 19.9 Å². The summed E-state index contributed by atoms with van der Waals surface area (Å²) in [7, 11) is 0. The number of carbonyl (C=O) groups is 1. The van der Waals surface area contributed by atoms with Crippen molar-refractivity contribution in [3.8, 4) is 0 Å². The molecule has 0 unspecified atom stereocenters. The first-order valence-corrected chi connectivity index (χ1v) is 6.68. The van der Waals surface area contributed by atoms with Gasteiger partial charge in [0.15, 0.2) is 0 Å². The first-order valence-electron chi connectivity index (χ1n) is 6.68. The summed E-state index contributed by atoms with van der Waals surface area (Å²) in [5, 5.41) is 10.4. The first kappa shape index (κ1) is 12.0. The highest BCUT2D eigenvalue weighted by Gasteiger charge is 2.45. The number of hydrogen-bond donors (Lipinski definition) is 1. The third kappa shape index (κ3) is 1.64. The quantitative estimate of drug-likeness (QED) is 0.669. The minimum Gasteiger partial charge on any atom is -0.457 e. The summed E-state index contributed by atoms with van der Waals surface area (Å²) >= 11 is 0. The summed E-state index contributed by atoms with van der Waals surface area (Å²) < 4.78 is 5.06. The molecule has 0 aromatic carbocycles. The van der Waals surface area contributed by atoms with Crippen LogP contribution in [-0.2, 0) is 9.53 Å². The number of carbonyl (C=O) groups excluding carboxylic acids is 1. The van der Waals surface area contributed by atoms with Crippen molar-refractivity contribution >= 4 is 5.97 Å². The Hall–Kier alpha value is -1.09. The fourth-order valence-electron chi connectivity index (χ4n) is 3.73. The average molecular weight is 248 g/mol. The van der Waals surface area contributed by atoms with Crippen molar-refractivity contribution in [2.24, 2.45) is 17.3 Å². The second-order valence-corrected chi connectivity index (χ2v) is 6.69. The molecule has 1 aliphatic heterocycles. The molecule has 3 nitrogen and oxygen atoms in total. The summed E-state index contributed by atoms with van der Waals surface area (Å²) in [6.45, 7) is 6.92. The maximum atomic E-state index is 11.7. The molecule has 3 rings (SSSR count). The molecule has 0 radical (unpaired) electrons. The van der Waals surface area contributed by atoms with E-state index in [1.807, 2.05) is 6.92 Å². The average Bonchev–Trinajstić information content (AvgIpc) is 2.75. The zero-order valence-corrected chi connectivity index (χ0v) is 11.2. The molecule has 0 bridgehead atoms. The molecule has 2 aliphatic carbocycles. The lowest BCUT2D eigenvalue weighted by Crippen LogP contribution is -2.28. The number of hydrogen-bond acceptors (Lipinski definition) is 3. The van der Waals surface area contributed by atoms with Gasteiger partial charge in [-0.2, -0.15) is 0 Å². The van der Waals surface area contributed by atoms with Crippen LogP contribution in [0.1, 0.15) is 33.6 Å². The monoisotopic (exact) mass is 248 g/mol. The van der Waals surface area contributed by atoms with E-state index in [1.165, 1.54) is 5.57 Å². The minimum atomic E-state index is -0.678. The van der Waals surface area contributed by atoms with E-state index in [1.54, 1.807) is 0 Å². The summed E-state index contributed by atoms with van der Waals surface area (Å²) in [6.07, 6.45) is 3.58. The van der Waals surface area contributed by atoms with Crippen LogP contribution in [0.4, 0.5) is 0 Å². The number of esters is 1. The minimum absolute atomic E-state index is 0.0937. The van der Waals surface area contributed by atoms with E-state index in [0.29, 0.717) is 23.5 Å². The number of aliphatic hydroxyl groups is 1. The van der Waals surface area contributed by atoms with Gasteiger partial charge in [-0.3, -0.25) is 0 Å². The Morgan fingerprint density at radius 3 is 2.89 bits per heavy atom. The lowest BCUT2D eigenvalue weighted by Gasteiger charge is -2.25. The van der Waals surface area contributed by atoms with Crippen molar-refractivity contribution in [3.63, 3.8) is 0 Å². The number of fused-ring (bicyclic) bond motifs is 1. The van der Waals surface area contributed by atoms with Crippen LogP contribution in [0, 0.1) is 17.3 Å². The van der Waals surface area contributed by atoms with Gasteiger partial charge in [0.25, 0.3) is 0 Å². The first-order chi connectivity index (χ1) is 8.39. The predicted molar refractivity (Wildman–Crippen MR) is 67.7 cm³/mol. The maximum absolute atomic E-state index is 11.7. The SMILES string of the molecule is C[C@H]1[C@@H](O)C2=C(C=C3CC(C)(C)C[C@@H]31)COC2=O. The van der Waals surface area contributed by atoms with E-state index in [9.17, 15) is 9.90 Å². The zero-order valence-electron chi connectivity index (χ0n) is 11.2. The highest BCUT2D eigenvalue weighted by atomic mass is 16.5. The second kappa shape index (κ2) is 3.70. The van der Waals surface area contributed by atoms with Gasteiger partial charge < -0.3 is 9.84 Å². The van der Waals surface area contributed by atoms with Crippen LogP contribution < -0.4 is 0 Å². The molecule has 0 spiro atoms. The van der Waals surface area contributed by atoms with Gasteiger partial charge in [0.05, 0.1) is 11.7 Å². The normalized spacial score (nSPS) is 37.9. The Balaban J connectivity index is 2.06. The Morgan fingerprint density at radius 2 is 2.17 bits per heavy atom. The molecule has 3 aliphatic rings. The Morgan fingerprint density at radius 1 is 1.44 bits per heavy atom. The van der Waals surface area contributed by atoms with Crippen molar-refractivity contribution in [2.45, 2.75) is 39.7 Å². The molecule has 1 heterocycles. The molecule has 1 saturated carbocycles. The molecule has 18 heavy (non-hydrogen) atoms. The highest BCUT2D eigenvalue weighted by molar-refractivity contribution is 5.93. The van der Waals surface area contributed by atoms with Crippen LogP contribution in [0.3, 0.4) is 0 Å². The van der Waals surface area contributed by atoms with Crippen LogP contribution in [0.2, 0.25) is 0 Å². The maximum Gasteiger partial charge on any atom is 0.337 e. The topological polar surface area (TPSA) is 46.5 Å². The van der Waals surface area contributed by atoms with Crippen molar-refractivity contribution in [1.82, 2.24) is 0 Å². The van der Waals surface area contributed by atoms with Gasteiger partial charge in [0.1, 0.15) is 6.61 Å². The van der Waals surface area contributed by atoms with Gasteiger partial charge in [-0.1, -0.05) is 32.4 Å². The lowest BCUT2D eigenvalue weighted by atomic mass is 9.82. The van der Waals surface area contributed by atoms with Gasteiger partial charge in [-0.15, -0.1) is 0 Å². The van der Waals surface area contributed by atoms with Gasteiger partial charge in [-0.05, 0) is 30.1 Å². The van der Waals surface area contributed by atoms with E-state index in [4.69, 9.17) is 4.74 Å². The zero-order chi connectivity index (χ0) is 13.1. The molecule has 1 N–H and O–H groups in total. The Kier molecular flexibility index (Phi) is 2.46. The van der Waals surface area contributed by atoms with Crippen LogP contribution in [0.25, 0.3) is 0 Å². The molecule has 98 valence electrons. The van der Waals surface area contributed by atoms with Crippen LogP contribution >= 0.6 is 0 Å². The summed E-state index contributed by atoms with van der Waals surface area (Å²) in [4.78, 5) is 11.7. The fourth-order valence-corrected chi connectivity index (χ4v) is 3.73. The van der Waals surface area contributed by atoms with E-state index in [0.717, 1.165) is 18.4 Å². The van der Waals surface area contributed by atoms with E-state index < -0.39 is 6.10 Å². The van der Waals surface area contributed by atoms with Gasteiger partial charge in [-0.25, -0.2) is 4.79 Å². The Labute approximate surface area is 108 Å². The van der Waals surface area contributed by atoms with Crippen LogP contribution in [0.15, 0.2) is 22.8 Å². The standard InChI is InChI=1S/C15H20O3/c1-8-11-6-15(2,3)5-9(11)4-10-7-18-14(17)12(10)13(8)16/h4,8,11,13,16H,5-7H2,1-3H3/t8-,11-,13-/m1/s1.